The number of ether oxygens (including phenoxy) is 2. The van der Waals surface area contributed by atoms with Crippen molar-refractivity contribution in [1.29, 1.82) is 0 Å². The summed E-state index contributed by atoms with van der Waals surface area (Å²) < 4.78 is 12.8. The molecule has 0 bridgehead atoms. The number of benzene rings is 1. The maximum Gasteiger partial charge on any atom is 0.282 e. The molecule has 0 aliphatic carbocycles. The molecule has 0 spiro atoms. The second-order valence-corrected chi connectivity index (χ2v) is 7.13. The first-order valence-electron chi connectivity index (χ1n) is 7.29. The fourth-order valence-electron chi connectivity index (χ4n) is 2.41. The van der Waals surface area contributed by atoms with Crippen molar-refractivity contribution in [3.63, 3.8) is 0 Å². The van der Waals surface area contributed by atoms with Crippen LogP contribution in [0.25, 0.3) is 10.2 Å². The molecule has 0 unspecified atom stereocenters. The van der Waals surface area contributed by atoms with E-state index >= 15 is 0 Å². The molecule has 0 radical (unpaired) electrons. The highest BCUT2D eigenvalue weighted by Crippen LogP contribution is 2.39. The van der Waals surface area contributed by atoms with Gasteiger partial charge in [-0.1, -0.05) is 6.92 Å². The van der Waals surface area contributed by atoms with Crippen LogP contribution < -0.4 is 15.0 Å². The van der Waals surface area contributed by atoms with Crippen molar-refractivity contribution in [3.8, 4) is 11.5 Å². The van der Waals surface area contributed by atoms with Crippen LogP contribution in [0.4, 0.5) is 0 Å². The normalized spacial score (nSPS) is 13.2. The number of nitrogens with zero attached hydrogens (tertiary/aromatic N) is 3. The Bertz CT molecular complexity index is 1030. The molecule has 8 heteroatoms. The Balaban J connectivity index is 1.71. The second kappa shape index (κ2) is 6.03. The van der Waals surface area contributed by atoms with Gasteiger partial charge in [-0.15, -0.1) is 11.3 Å². The topological polar surface area (TPSA) is 65.7 Å². The molecule has 0 saturated heterocycles. The Morgan fingerprint density at radius 1 is 1.42 bits per heavy atom. The molecule has 1 aromatic carbocycles. The molecular weight excluding hydrogens is 394 g/mol. The fourth-order valence-corrected chi connectivity index (χ4v) is 3.91. The first-order chi connectivity index (χ1) is 11.7. The summed E-state index contributed by atoms with van der Waals surface area (Å²) in [6, 6.07) is 5.56. The molecule has 6 nitrogen and oxygen atoms in total. The van der Waals surface area contributed by atoms with Gasteiger partial charge >= 0.3 is 0 Å². The molecule has 0 fully saturated rings. The Hall–Kier alpha value is -2.19. The Labute approximate surface area is 149 Å². The highest BCUT2D eigenvalue weighted by Gasteiger charge is 2.17. The van der Waals surface area contributed by atoms with E-state index < -0.39 is 0 Å². The summed E-state index contributed by atoms with van der Waals surface area (Å²) in [5, 5.41) is 4.83. The molecule has 4 rings (SSSR count). The molecular formula is C16H12BrN3O3S. The van der Waals surface area contributed by atoms with Crippen LogP contribution in [0.1, 0.15) is 17.4 Å². The number of hydrogen-bond acceptors (Lipinski definition) is 6. The number of aromatic nitrogens is 2. The van der Waals surface area contributed by atoms with Crippen molar-refractivity contribution in [2.45, 2.75) is 13.3 Å². The van der Waals surface area contributed by atoms with E-state index in [1.54, 1.807) is 6.21 Å². The summed E-state index contributed by atoms with van der Waals surface area (Å²) in [5.74, 6) is 1.33. The zero-order chi connectivity index (χ0) is 16.7. The lowest BCUT2D eigenvalue weighted by Crippen LogP contribution is -2.16. The third-order valence-corrected chi connectivity index (χ3v) is 5.39. The summed E-state index contributed by atoms with van der Waals surface area (Å²) in [7, 11) is 0. The molecule has 122 valence electrons. The van der Waals surface area contributed by atoms with Crippen molar-refractivity contribution in [1.82, 2.24) is 9.66 Å². The molecule has 3 aromatic rings. The predicted octanol–water partition coefficient (Wildman–Crippen LogP) is 3.39. The van der Waals surface area contributed by atoms with Crippen molar-refractivity contribution < 1.29 is 9.47 Å². The van der Waals surface area contributed by atoms with Crippen LogP contribution in [-0.2, 0) is 6.42 Å². The fraction of sp³-hybridized carbons (Fsp3) is 0.188. The maximum atomic E-state index is 12.5. The van der Waals surface area contributed by atoms with E-state index in [1.807, 2.05) is 18.2 Å². The monoisotopic (exact) mass is 405 g/mol. The van der Waals surface area contributed by atoms with Crippen molar-refractivity contribution >= 4 is 43.7 Å². The van der Waals surface area contributed by atoms with Crippen LogP contribution >= 0.6 is 27.3 Å². The molecule has 24 heavy (non-hydrogen) atoms. The number of thiophene rings is 1. The van der Waals surface area contributed by atoms with Crippen LogP contribution in [0.2, 0.25) is 0 Å². The molecule has 1 aliphatic heterocycles. The van der Waals surface area contributed by atoms with Crippen molar-refractivity contribution in [2.24, 2.45) is 5.10 Å². The molecule has 0 atom stereocenters. The lowest BCUT2D eigenvalue weighted by molar-refractivity contribution is 0.173. The first kappa shape index (κ1) is 15.3. The third-order valence-electron chi connectivity index (χ3n) is 3.62. The van der Waals surface area contributed by atoms with Gasteiger partial charge in [0.1, 0.15) is 11.2 Å². The van der Waals surface area contributed by atoms with Gasteiger partial charge < -0.3 is 9.47 Å². The van der Waals surface area contributed by atoms with E-state index in [4.69, 9.17) is 9.47 Å². The largest absolute Gasteiger partial charge is 0.454 e. The number of hydrogen-bond donors (Lipinski definition) is 0. The number of halogens is 1. The van der Waals surface area contributed by atoms with Gasteiger partial charge in [-0.05, 0) is 46.1 Å². The molecule has 2 aromatic heterocycles. The zero-order valence-electron chi connectivity index (χ0n) is 12.7. The number of fused-ring (bicyclic) bond motifs is 2. The summed E-state index contributed by atoms with van der Waals surface area (Å²) >= 11 is 4.97. The summed E-state index contributed by atoms with van der Waals surface area (Å²) in [6.07, 6.45) is 3.92. The van der Waals surface area contributed by atoms with E-state index in [-0.39, 0.29) is 12.4 Å². The Kier molecular flexibility index (Phi) is 3.85. The van der Waals surface area contributed by atoms with Crippen molar-refractivity contribution in [3.05, 3.63) is 49.8 Å². The quantitative estimate of drug-likeness (QED) is 0.626. The SMILES string of the molecule is CCc1cc2c(=O)n(/N=C\c3cc(Br)c4c(c3)OCO4)cnc2s1. The van der Waals surface area contributed by atoms with E-state index in [0.29, 0.717) is 16.9 Å². The number of rotatable bonds is 3. The van der Waals surface area contributed by atoms with Crippen LogP contribution in [-0.4, -0.2) is 22.7 Å². The summed E-state index contributed by atoms with van der Waals surface area (Å²) in [6.45, 7) is 2.26. The molecule has 3 heterocycles. The van der Waals surface area contributed by atoms with Gasteiger partial charge in [0.05, 0.1) is 16.1 Å². The Morgan fingerprint density at radius 2 is 2.29 bits per heavy atom. The van der Waals surface area contributed by atoms with E-state index in [1.165, 1.54) is 22.3 Å². The lowest BCUT2D eigenvalue weighted by Gasteiger charge is -2.01. The predicted molar refractivity (Wildman–Crippen MR) is 96.5 cm³/mol. The van der Waals surface area contributed by atoms with Gasteiger partial charge in [0.25, 0.3) is 5.56 Å². The van der Waals surface area contributed by atoms with Gasteiger partial charge in [-0.3, -0.25) is 4.79 Å². The van der Waals surface area contributed by atoms with Crippen LogP contribution in [0.3, 0.4) is 0 Å². The average Bonchev–Trinajstić information content (AvgIpc) is 3.21. The second-order valence-electron chi connectivity index (χ2n) is 5.16. The van der Waals surface area contributed by atoms with Gasteiger partial charge in [-0.25, -0.2) is 4.98 Å². The Morgan fingerprint density at radius 3 is 3.12 bits per heavy atom. The smallest absolute Gasteiger partial charge is 0.282 e. The van der Waals surface area contributed by atoms with Gasteiger partial charge in [0.15, 0.2) is 11.5 Å². The van der Waals surface area contributed by atoms with E-state index in [2.05, 4.69) is 32.9 Å². The van der Waals surface area contributed by atoms with Crippen molar-refractivity contribution in [2.75, 3.05) is 6.79 Å². The highest BCUT2D eigenvalue weighted by molar-refractivity contribution is 9.10. The maximum absolute atomic E-state index is 12.5. The van der Waals surface area contributed by atoms with Gasteiger partial charge in [0.2, 0.25) is 6.79 Å². The zero-order valence-corrected chi connectivity index (χ0v) is 15.1. The van der Waals surface area contributed by atoms with Gasteiger partial charge in [0, 0.05) is 4.88 Å². The molecule has 0 amide bonds. The number of aryl methyl sites for hydroxylation is 1. The third kappa shape index (κ3) is 2.61. The lowest BCUT2D eigenvalue weighted by atomic mass is 10.2. The van der Waals surface area contributed by atoms with Crippen LogP contribution in [0.15, 0.2) is 38.9 Å². The highest BCUT2D eigenvalue weighted by atomic mass is 79.9. The van der Waals surface area contributed by atoms with Crippen LogP contribution in [0.5, 0.6) is 11.5 Å². The first-order valence-corrected chi connectivity index (χ1v) is 8.90. The summed E-state index contributed by atoms with van der Waals surface area (Å²) in [5.41, 5.74) is 0.615. The van der Waals surface area contributed by atoms with Gasteiger partial charge in [-0.2, -0.15) is 9.78 Å². The van der Waals surface area contributed by atoms with Crippen LogP contribution in [0, 0.1) is 0 Å². The molecule has 0 saturated carbocycles. The molecule has 0 N–H and O–H groups in total. The molecule has 1 aliphatic rings. The minimum absolute atomic E-state index is 0.174. The average molecular weight is 406 g/mol. The summed E-state index contributed by atoms with van der Waals surface area (Å²) in [4.78, 5) is 18.7. The van der Waals surface area contributed by atoms with E-state index in [9.17, 15) is 4.79 Å². The standard InChI is InChI=1S/C16H12BrN3O3S/c1-2-10-5-11-15(24-10)18-7-20(16(11)21)19-6-9-3-12(17)14-13(4-9)22-8-23-14/h3-7H,2,8H2,1H3/b19-6-. The minimum atomic E-state index is -0.174. The minimum Gasteiger partial charge on any atom is -0.454 e. The van der Waals surface area contributed by atoms with E-state index in [0.717, 1.165) is 26.2 Å².